The van der Waals surface area contributed by atoms with Crippen LogP contribution in [0, 0.1) is 5.41 Å². The van der Waals surface area contributed by atoms with Gasteiger partial charge in [0.25, 0.3) is 0 Å². The van der Waals surface area contributed by atoms with Crippen LogP contribution in [0.4, 0.5) is 0 Å². The number of benzene rings is 1. The van der Waals surface area contributed by atoms with Crippen LogP contribution < -0.4 is 11.4 Å². The molecule has 0 spiro atoms. The first-order valence-corrected chi connectivity index (χ1v) is 5.81. The molecule has 5 N–H and O–H groups in total. The quantitative estimate of drug-likeness (QED) is 0.608. The van der Waals surface area contributed by atoms with E-state index < -0.39 is 5.41 Å². The lowest BCUT2D eigenvalue weighted by Crippen LogP contribution is -2.52. The van der Waals surface area contributed by atoms with Crippen molar-refractivity contribution in [2.75, 3.05) is 19.8 Å². The Morgan fingerprint density at radius 2 is 2.11 bits per heavy atom. The molecule has 96 valence electrons. The second kappa shape index (κ2) is 3.94. The summed E-state index contributed by atoms with van der Waals surface area (Å²) < 4.78 is 5.16. The number of aliphatic hydroxyl groups is 1. The molecule has 1 atom stereocenters. The summed E-state index contributed by atoms with van der Waals surface area (Å²) in [6, 6.07) is 5.21. The highest BCUT2D eigenvalue weighted by Gasteiger charge is 2.44. The standard InChI is InChI=1S/C12H15N3O3/c13-10(12(4-16)5-18-6-12)7-1-2-8-9(3-7)15-11(17)14-8/h1-3,10,16H,4-6,13H2,(H2,14,15,17). The van der Waals surface area contributed by atoms with Crippen LogP contribution >= 0.6 is 0 Å². The van der Waals surface area contributed by atoms with Gasteiger partial charge in [-0.1, -0.05) is 6.07 Å². The number of H-pyrrole nitrogens is 2. The van der Waals surface area contributed by atoms with Crippen molar-refractivity contribution in [3.8, 4) is 0 Å². The number of aromatic nitrogens is 2. The monoisotopic (exact) mass is 249 g/mol. The van der Waals surface area contributed by atoms with Gasteiger partial charge >= 0.3 is 5.69 Å². The molecule has 1 aliphatic heterocycles. The largest absolute Gasteiger partial charge is 0.396 e. The molecule has 0 radical (unpaired) electrons. The van der Waals surface area contributed by atoms with Gasteiger partial charge in [-0.3, -0.25) is 0 Å². The van der Waals surface area contributed by atoms with Crippen molar-refractivity contribution in [1.82, 2.24) is 9.97 Å². The molecule has 1 aromatic heterocycles. The predicted molar refractivity (Wildman–Crippen MR) is 66.2 cm³/mol. The van der Waals surface area contributed by atoms with Gasteiger partial charge in [0.15, 0.2) is 0 Å². The van der Waals surface area contributed by atoms with Gasteiger partial charge < -0.3 is 25.5 Å². The van der Waals surface area contributed by atoms with Crippen LogP contribution in [-0.2, 0) is 4.74 Å². The van der Waals surface area contributed by atoms with Crippen LogP contribution in [0.2, 0.25) is 0 Å². The van der Waals surface area contributed by atoms with E-state index >= 15 is 0 Å². The summed E-state index contributed by atoms with van der Waals surface area (Å²) in [5.74, 6) is 0. The fraction of sp³-hybridized carbons (Fsp3) is 0.417. The summed E-state index contributed by atoms with van der Waals surface area (Å²) in [5, 5.41) is 9.46. The Kier molecular flexibility index (Phi) is 2.51. The summed E-state index contributed by atoms with van der Waals surface area (Å²) in [4.78, 5) is 16.6. The van der Waals surface area contributed by atoms with Crippen LogP contribution in [0.1, 0.15) is 11.6 Å². The van der Waals surface area contributed by atoms with E-state index in [1.165, 1.54) is 0 Å². The van der Waals surface area contributed by atoms with Crippen molar-refractivity contribution >= 4 is 11.0 Å². The Balaban J connectivity index is 2.00. The van der Waals surface area contributed by atoms with E-state index in [0.717, 1.165) is 16.6 Å². The summed E-state index contributed by atoms with van der Waals surface area (Å²) in [6.45, 7) is 0.925. The average molecular weight is 249 g/mol. The third kappa shape index (κ3) is 1.58. The first-order valence-electron chi connectivity index (χ1n) is 5.81. The second-order valence-corrected chi connectivity index (χ2v) is 4.88. The zero-order valence-corrected chi connectivity index (χ0v) is 9.77. The van der Waals surface area contributed by atoms with Gasteiger partial charge in [-0.15, -0.1) is 0 Å². The predicted octanol–water partition coefficient (Wildman–Crippen LogP) is -0.135. The minimum Gasteiger partial charge on any atom is -0.396 e. The van der Waals surface area contributed by atoms with Crippen molar-refractivity contribution in [2.45, 2.75) is 6.04 Å². The van der Waals surface area contributed by atoms with Crippen molar-refractivity contribution in [1.29, 1.82) is 0 Å². The normalized spacial score (nSPS) is 19.7. The number of imidazole rings is 1. The van der Waals surface area contributed by atoms with Gasteiger partial charge in [0.2, 0.25) is 0 Å². The third-order valence-corrected chi connectivity index (χ3v) is 3.65. The van der Waals surface area contributed by atoms with E-state index in [0.29, 0.717) is 13.2 Å². The van der Waals surface area contributed by atoms with Crippen molar-refractivity contribution in [3.63, 3.8) is 0 Å². The third-order valence-electron chi connectivity index (χ3n) is 3.65. The maximum Gasteiger partial charge on any atom is 0.323 e. The van der Waals surface area contributed by atoms with E-state index in [-0.39, 0.29) is 18.3 Å². The fourth-order valence-corrected chi connectivity index (χ4v) is 2.33. The average Bonchev–Trinajstić information content (AvgIpc) is 2.67. The van der Waals surface area contributed by atoms with Crippen LogP contribution in [0.3, 0.4) is 0 Å². The Morgan fingerprint density at radius 3 is 2.72 bits per heavy atom. The van der Waals surface area contributed by atoms with E-state index in [1.54, 1.807) is 0 Å². The molecule has 0 amide bonds. The number of hydrogen-bond donors (Lipinski definition) is 4. The SMILES string of the molecule is NC(c1ccc2[nH]c(=O)[nH]c2c1)C1(CO)COC1. The zero-order valence-electron chi connectivity index (χ0n) is 9.77. The fourth-order valence-electron chi connectivity index (χ4n) is 2.33. The molecule has 1 fully saturated rings. The molecule has 1 saturated heterocycles. The maximum absolute atomic E-state index is 11.2. The highest BCUT2D eigenvalue weighted by atomic mass is 16.5. The second-order valence-electron chi connectivity index (χ2n) is 4.88. The topological polar surface area (TPSA) is 104 Å². The van der Waals surface area contributed by atoms with Gasteiger partial charge in [0, 0.05) is 6.04 Å². The highest BCUT2D eigenvalue weighted by molar-refractivity contribution is 5.75. The molecule has 0 aliphatic carbocycles. The molecule has 3 rings (SSSR count). The van der Waals surface area contributed by atoms with Crippen LogP contribution in [0.25, 0.3) is 11.0 Å². The van der Waals surface area contributed by atoms with E-state index in [2.05, 4.69) is 9.97 Å². The summed E-state index contributed by atoms with van der Waals surface area (Å²) in [7, 11) is 0. The van der Waals surface area contributed by atoms with Gasteiger partial charge in [0.1, 0.15) is 0 Å². The molecule has 1 aliphatic rings. The Labute approximate surface area is 103 Å². The Hall–Kier alpha value is -1.63. The van der Waals surface area contributed by atoms with Gasteiger partial charge in [0.05, 0.1) is 36.3 Å². The molecule has 6 heteroatoms. The molecule has 0 bridgehead atoms. The van der Waals surface area contributed by atoms with Crippen molar-refractivity contribution in [2.24, 2.45) is 11.1 Å². The van der Waals surface area contributed by atoms with E-state index in [4.69, 9.17) is 10.5 Å². The number of nitrogens with two attached hydrogens (primary N) is 1. The summed E-state index contributed by atoms with van der Waals surface area (Å²) >= 11 is 0. The first kappa shape index (κ1) is 11.5. The minimum absolute atomic E-state index is 0.00411. The first-order chi connectivity index (χ1) is 8.64. The van der Waals surface area contributed by atoms with Crippen LogP contribution in [0.5, 0.6) is 0 Å². The molecule has 6 nitrogen and oxygen atoms in total. The maximum atomic E-state index is 11.2. The Bertz CT molecular complexity index is 621. The van der Waals surface area contributed by atoms with Crippen LogP contribution in [-0.4, -0.2) is 34.9 Å². The lowest BCUT2D eigenvalue weighted by Gasteiger charge is -2.44. The smallest absolute Gasteiger partial charge is 0.323 e. The number of nitrogens with one attached hydrogen (secondary N) is 2. The number of ether oxygens (including phenoxy) is 1. The molecular weight excluding hydrogens is 234 g/mol. The lowest BCUT2D eigenvalue weighted by atomic mass is 9.76. The van der Waals surface area contributed by atoms with Gasteiger partial charge in [-0.05, 0) is 17.7 Å². The number of rotatable bonds is 3. The molecule has 1 aromatic carbocycles. The molecule has 1 unspecified atom stereocenters. The van der Waals surface area contributed by atoms with E-state index in [1.807, 2.05) is 18.2 Å². The molecule has 18 heavy (non-hydrogen) atoms. The van der Waals surface area contributed by atoms with Gasteiger partial charge in [-0.2, -0.15) is 0 Å². The summed E-state index contributed by atoms with van der Waals surface area (Å²) in [6.07, 6.45) is 0. The number of aromatic amines is 2. The van der Waals surface area contributed by atoms with Crippen molar-refractivity contribution < 1.29 is 9.84 Å². The molecule has 0 saturated carbocycles. The lowest BCUT2D eigenvalue weighted by molar-refractivity contribution is -0.150. The zero-order chi connectivity index (χ0) is 12.8. The highest BCUT2D eigenvalue weighted by Crippen LogP contribution is 2.38. The Morgan fingerprint density at radius 1 is 1.39 bits per heavy atom. The molecule has 2 aromatic rings. The van der Waals surface area contributed by atoms with Gasteiger partial charge in [-0.25, -0.2) is 4.79 Å². The van der Waals surface area contributed by atoms with Crippen molar-refractivity contribution in [3.05, 3.63) is 34.2 Å². The number of hydrogen-bond acceptors (Lipinski definition) is 4. The minimum atomic E-state index is -0.399. The number of aliphatic hydroxyl groups excluding tert-OH is 1. The van der Waals surface area contributed by atoms with E-state index in [9.17, 15) is 9.90 Å². The molecule has 2 heterocycles. The van der Waals surface area contributed by atoms with Crippen LogP contribution in [0.15, 0.2) is 23.0 Å². The molecular formula is C12H15N3O3. The summed E-state index contributed by atoms with van der Waals surface area (Å²) in [5.41, 5.74) is 7.92. The number of fused-ring (bicyclic) bond motifs is 1.